The average molecular weight is 413 g/mol. The Balaban J connectivity index is 2.60. The zero-order valence-corrected chi connectivity index (χ0v) is 14.7. The average Bonchev–Trinajstić information content (AvgIpc) is 2.67. The highest BCUT2D eigenvalue weighted by Gasteiger charge is 2.21. The summed E-state index contributed by atoms with van der Waals surface area (Å²) in [5.74, 6) is 0.912. The van der Waals surface area contributed by atoms with Gasteiger partial charge in [-0.2, -0.15) is 11.8 Å². The third-order valence-corrected chi connectivity index (χ3v) is 5.38. The highest BCUT2D eigenvalue weighted by molar-refractivity contribution is 14.1. The van der Waals surface area contributed by atoms with E-state index in [2.05, 4.69) is 25.1 Å². The predicted octanol–water partition coefficient (Wildman–Crippen LogP) is 4.66. The molecule has 6 heteroatoms. The molecule has 1 heterocycles. The maximum Gasteiger partial charge on any atom is 0.138 e. The van der Waals surface area contributed by atoms with Crippen molar-refractivity contribution in [2.75, 3.05) is 6.26 Å². The Bertz CT molecular complexity index is 612. The second-order valence-corrected chi connectivity index (χ2v) is 7.91. The summed E-state index contributed by atoms with van der Waals surface area (Å²) in [7, 11) is 0. The van der Waals surface area contributed by atoms with Crippen LogP contribution in [0.4, 0.5) is 4.39 Å². The molecule has 2 rings (SSSR count). The molecule has 0 aliphatic heterocycles. The van der Waals surface area contributed by atoms with Crippen molar-refractivity contribution in [2.45, 2.75) is 31.0 Å². The molecule has 0 spiro atoms. The highest BCUT2D eigenvalue weighted by Crippen LogP contribution is 2.28. The van der Waals surface area contributed by atoms with Gasteiger partial charge < -0.3 is 4.57 Å². The van der Waals surface area contributed by atoms with E-state index in [1.54, 1.807) is 23.9 Å². The van der Waals surface area contributed by atoms with Crippen LogP contribution in [0.25, 0.3) is 11.0 Å². The third kappa shape index (κ3) is 3.19. The van der Waals surface area contributed by atoms with Crippen molar-refractivity contribution in [3.63, 3.8) is 0 Å². The van der Waals surface area contributed by atoms with Crippen molar-refractivity contribution < 1.29 is 4.39 Å². The second-order valence-electron chi connectivity index (χ2n) is 4.97. The lowest BCUT2D eigenvalue weighted by molar-refractivity contribution is 0.564. The number of alkyl halides is 1. The Kier molecular flexibility index (Phi) is 4.67. The molecule has 1 aromatic carbocycles. The van der Waals surface area contributed by atoms with Crippen LogP contribution in [0.3, 0.4) is 0 Å². The van der Waals surface area contributed by atoms with Gasteiger partial charge in [-0.3, -0.25) is 0 Å². The zero-order valence-electron chi connectivity index (χ0n) is 11.0. The Hall–Kier alpha value is -0.0100. The van der Waals surface area contributed by atoms with Gasteiger partial charge in [0, 0.05) is 17.4 Å². The minimum absolute atomic E-state index is 0.0495. The van der Waals surface area contributed by atoms with Crippen LogP contribution < -0.4 is 0 Å². The fourth-order valence-corrected chi connectivity index (χ4v) is 2.81. The van der Waals surface area contributed by atoms with Gasteiger partial charge in [0.2, 0.25) is 0 Å². The summed E-state index contributed by atoms with van der Waals surface area (Å²) >= 11 is 9.72. The number of imidazole rings is 1. The fourth-order valence-electron chi connectivity index (χ4n) is 1.89. The number of hydrogen-bond acceptors (Lipinski definition) is 2. The topological polar surface area (TPSA) is 17.8 Å². The second kappa shape index (κ2) is 5.77. The fraction of sp³-hybridized carbons (Fsp3) is 0.462. The number of aromatic nitrogens is 2. The van der Waals surface area contributed by atoms with Crippen molar-refractivity contribution in [3.05, 3.63) is 27.3 Å². The SMILES string of the molecule is CSC(C)(C)Cn1c(CCl)nc2cc(I)c(F)cc21. The van der Waals surface area contributed by atoms with Crippen LogP contribution in [-0.2, 0) is 12.4 Å². The lowest BCUT2D eigenvalue weighted by Crippen LogP contribution is -2.23. The van der Waals surface area contributed by atoms with E-state index in [1.807, 2.05) is 27.2 Å². The maximum absolute atomic E-state index is 13.8. The normalized spacial score (nSPS) is 12.3. The quantitative estimate of drug-likeness (QED) is 0.537. The van der Waals surface area contributed by atoms with Crippen molar-refractivity contribution >= 4 is 57.0 Å². The zero-order chi connectivity index (χ0) is 14.2. The molecule has 104 valence electrons. The smallest absolute Gasteiger partial charge is 0.138 e. The van der Waals surface area contributed by atoms with Crippen molar-refractivity contribution in [1.29, 1.82) is 0 Å². The van der Waals surface area contributed by atoms with Crippen LogP contribution in [0.5, 0.6) is 0 Å². The predicted molar refractivity (Wildman–Crippen MR) is 89.6 cm³/mol. The van der Waals surface area contributed by atoms with Crippen molar-refractivity contribution in [3.8, 4) is 0 Å². The molecule has 0 amide bonds. The third-order valence-electron chi connectivity index (χ3n) is 3.08. The number of rotatable bonds is 4. The molecule has 0 bridgehead atoms. The minimum atomic E-state index is -0.211. The number of fused-ring (bicyclic) bond motifs is 1. The standard InChI is InChI=1S/C13H15ClFIN2S/c1-13(2,19-3)7-18-11-4-8(15)9(16)5-10(11)17-12(18)6-14/h4-5H,6-7H2,1-3H3. The molecule has 0 unspecified atom stereocenters. The number of nitrogens with zero attached hydrogens (tertiary/aromatic N) is 2. The maximum atomic E-state index is 13.8. The summed E-state index contributed by atoms with van der Waals surface area (Å²) in [4.78, 5) is 4.50. The first kappa shape index (κ1) is 15.4. The Morgan fingerprint density at radius 1 is 1.47 bits per heavy atom. The number of hydrogen-bond donors (Lipinski definition) is 0. The summed E-state index contributed by atoms with van der Waals surface area (Å²) in [6.07, 6.45) is 2.07. The summed E-state index contributed by atoms with van der Waals surface area (Å²) in [5.41, 5.74) is 1.62. The number of thioether (sulfide) groups is 1. The van der Waals surface area contributed by atoms with Crippen molar-refractivity contribution in [1.82, 2.24) is 9.55 Å². The van der Waals surface area contributed by atoms with Crippen LogP contribution in [0.2, 0.25) is 0 Å². The molecule has 0 saturated heterocycles. The van der Waals surface area contributed by atoms with E-state index in [1.165, 1.54) is 0 Å². The van der Waals surface area contributed by atoms with Crippen LogP contribution in [0.1, 0.15) is 19.7 Å². The van der Waals surface area contributed by atoms with Crippen LogP contribution in [0, 0.1) is 9.39 Å². The van der Waals surface area contributed by atoms with E-state index in [0.717, 1.165) is 23.4 Å². The molecule has 0 saturated carbocycles. The molecule has 0 atom stereocenters. The van der Waals surface area contributed by atoms with E-state index in [9.17, 15) is 4.39 Å². The van der Waals surface area contributed by atoms with Gasteiger partial charge in [0.1, 0.15) is 11.6 Å². The Morgan fingerprint density at radius 2 is 2.16 bits per heavy atom. The Labute approximate surface area is 135 Å². The van der Waals surface area contributed by atoms with Crippen LogP contribution in [0.15, 0.2) is 12.1 Å². The monoisotopic (exact) mass is 412 g/mol. The van der Waals surface area contributed by atoms with Gasteiger partial charge in [-0.1, -0.05) is 0 Å². The number of benzene rings is 1. The molecule has 0 radical (unpaired) electrons. The molecular weight excluding hydrogens is 398 g/mol. The van der Waals surface area contributed by atoms with E-state index in [0.29, 0.717) is 9.45 Å². The van der Waals surface area contributed by atoms with Gasteiger partial charge in [0.05, 0.1) is 20.5 Å². The lowest BCUT2D eigenvalue weighted by atomic mass is 10.2. The van der Waals surface area contributed by atoms with Crippen LogP contribution >= 0.6 is 46.0 Å². The lowest BCUT2D eigenvalue weighted by Gasteiger charge is -2.24. The summed E-state index contributed by atoms with van der Waals surface area (Å²) in [5, 5.41) is 0. The van der Waals surface area contributed by atoms with Gasteiger partial charge in [-0.15, -0.1) is 11.6 Å². The Morgan fingerprint density at radius 3 is 2.74 bits per heavy atom. The first-order valence-electron chi connectivity index (χ1n) is 5.83. The summed E-state index contributed by atoms with van der Waals surface area (Å²) in [6.45, 7) is 5.07. The van der Waals surface area contributed by atoms with E-state index < -0.39 is 0 Å². The molecule has 2 nitrogen and oxygen atoms in total. The molecule has 0 aliphatic carbocycles. The van der Waals surface area contributed by atoms with Crippen LogP contribution in [-0.4, -0.2) is 20.6 Å². The van der Waals surface area contributed by atoms with Crippen molar-refractivity contribution in [2.24, 2.45) is 0 Å². The molecular formula is C13H15ClFIN2S. The van der Waals surface area contributed by atoms with Gasteiger partial charge in [-0.25, -0.2) is 9.37 Å². The first-order valence-corrected chi connectivity index (χ1v) is 8.67. The van der Waals surface area contributed by atoms with E-state index in [-0.39, 0.29) is 10.6 Å². The van der Waals surface area contributed by atoms with Gasteiger partial charge in [0.15, 0.2) is 0 Å². The van der Waals surface area contributed by atoms with Gasteiger partial charge >= 0.3 is 0 Å². The molecule has 0 fully saturated rings. The molecule has 2 aromatic rings. The molecule has 19 heavy (non-hydrogen) atoms. The first-order chi connectivity index (χ1) is 8.88. The molecule has 0 aliphatic rings. The highest BCUT2D eigenvalue weighted by atomic mass is 127. The largest absolute Gasteiger partial charge is 0.326 e. The van der Waals surface area contributed by atoms with E-state index in [4.69, 9.17) is 11.6 Å². The summed E-state index contributed by atoms with van der Waals surface area (Å²) in [6, 6.07) is 3.32. The summed E-state index contributed by atoms with van der Waals surface area (Å²) < 4.78 is 16.4. The molecule has 0 N–H and O–H groups in total. The van der Waals surface area contributed by atoms with Gasteiger partial charge in [0.25, 0.3) is 0 Å². The van der Waals surface area contributed by atoms with Gasteiger partial charge in [-0.05, 0) is 48.8 Å². The molecule has 1 aromatic heterocycles. The minimum Gasteiger partial charge on any atom is -0.326 e. The van der Waals surface area contributed by atoms with E-state index >= 15 is 0 Å². The number of halogens is 3.